The molecule has 0 spiro atoms. The molecular weight excluding hydrogens is 269 g/mol. The highest BCUT2D eigenvalue weighted by atomic mass is 19.4. The van der Waals surface area contributed by atoms with Crippen LogP contribution in [0.4, 0.5) is 13.2 Å². The number of ether oxygens (including phenoxy) is 1. The molecule has 1 atom stereocenters. The highest BCUT2D eigenvalue weighted by molar-refractivity contribution is 5.25. The lowest BCUT2D eigenvalue weighted by atomic mass is 10.1. The average molecular weight is 288 g/mol. The van der Waals surface area contributed by atoms with Crippen molar-refractivity contribution >= 4 is 0 Å². The molecule has 0 bridgehead atoms. The standard InChI is InChI=1S/C14H19F3N2O/c1-19-5-6-20-13(10-19)9-18-8-11-3-2-4-12(7-11)14(15,16)17/h2-4,7,13,18H,5-6,8-10H2,1H3. The molecule has 20 heavy (non-hydrogen) atoms. The predicted octanol–water partition coefficient (Wildman–Crippen LogP) is 2.13. The first-order valence-electron chi connectivity index (χ1n) is 6.62. The number of likely N-dealkylation sites (N-methyl/N-ethyl adjacent to an activating group) is 1. The fourth-order valence-corrected chi connectivity index (χ4v) is 2.23. The molecule has 1 fully saturated rings. The van der Waals surface area contributed by atoms with Crippen molar-refractivity contribution in [1.82, 2.24) is 10.2 Å². The Morgan fingerprint density at radius 1 is 1.40 bits per heavy atom. The Bertz CT molecular complexity index is 437. The van der Waals surface area contributed by atoms with Crippen LogP contribution in [-0.4, -0.2) is 44.3 Å². The Hall–Kier alpha value is -1.11. The van der Waals surface area contributed by atoms with E-state index in [1.807, 2.05) is 7.05 Å². The van der Waals surface area contributed by atoms with E-state index in [-0.39, 0.29) is 6.10 Å². The van der Waals surface area contributed by atoms with Crippen molar-refractivity contribution in [3.8, 4) is 0 Å². The molecule has 0 amide bonds. The van der Waals surface area contributed by atoms with Gasteiger partial charge in [0.15, 0.2) is 0 Å². The Balaban J connectivity index is 1.82. The van der Waals surface area contributed by atoms with Crippen LogP contribution in [0.15, 0.2) is 24.3 Å². The zero-order valence-corrected chi connectivity index (χ0v) is 11.4. The molecule has 1 saturated heterocycles. The van der Waals surface area contributed by atoms with Crippen LogP contribution >= 0.6 is 0 Å². The van der Waals surface area contributed by atoms with Crippen LogP contribution in [0.3, 0.4) is 0 Å². The van der Waals surface area contributed by atoms with Crippen LogP contribution in [0.25, 0.3) is 0 Å². The van der Waals surface area contributed by atoms with Gasteiger partial charge in [-0.05, 0) is 18.7 Å². The summed E-state index contributed by atoms with van der Waals surface area (Å²) >= 11 is 0. The van der Waals surface area contributed by atoms with Crippen molar-refractivity contribution in [3.63, 3.8) is 0 Å². The summed E-state index contributed by atoms with van der Waals surface area (Å²) in [5, 5.41) is 3.15. The second-order valence-corrected chi connectivity index (χ2v) is 5.08. The summed E-state index contributed by atoms with van der Waals surface area (Å²) in [5.74, 6) is 0. The second-order valence-electron chi connectivity index (χ2n) is 5.08. The van der Waals surface area contributed by atoms with Gasteiger partial charge in [0, 0.05) is 26.2 Å². The molecule has 0 radical (unpaired) electrons. The van der Waals surface area contributed by atoms with Crippen molar-refractivity contribution in [1.29, 1.82) is 0 Å². The number of nitrogens with zero attached hydrogens (tertiary/aromatic N) is 1. The zero-order valence-electron chi connectivity index (χ0n) is 11.4. The first kappa shape index (κ1) is 15.3. The molecule has 0 aromatic heterocycles. The third kappa shape index (κ3) is 4.47. The minimum Gasteiger partial charge on any atom is -0.374 e. The maximum absolute atomic E-state index is 12.6. The average Bonchev–Trinajstić information content (AvgIpc) is 2.38. The highest BCUT2D eigenvalue weighted by Gasteiger charge is 2.30. The molecular formula is C14H19F3N2O. The van der Waals surface area contributed by atoms with Crippen molar-refractivity contribution < 1.29 is 17.9 Å². The molecule has 1 heterocycles. The second kappa shape index (κ2) is 6.56. The molecule has 112 valence electrons. The monoisotopic (exact) mass is 288 g/mol. The molecule has 2 rings (SSSR count). The number of benzene rings is 1. The minimum absolute atomic E-state index is 0.0968. The van der Waals surface area contributed by atoms with E-state index < -0.39 is 11.7 Å². The maximum Gasteiger partial charge on any atom is 0.416 e. The summed E-state index contributed by atoms with van der Waals surface area (Å²) in [6.07, 6.45) is -4.19. The van der Waals surface area contributed by atoms with E-state index in [2.05, 4.69) is 10.2 Å². The molecule has 1 unspecified atom stereocenters. The molecule has 1 aromatic rings. The third-order valence-corrected chi connectivity index (χ3v) is 3.30. The Morgan fingerprint density at radius 3 is 2.90 bits per heavy atom. The summed E-state index contributed by atoms with van der Waals surface area (Å²) in [7, 11) is 2.03. The molecule has 1 aromatic carbocycles. The fourth-order valence-electron chi connectivity index (χ4n) is 2.23. The van der Waals surface area contributed by atoms with Crippen molar-refractivity contribution in [2.45, 2.75) is 18.8 Å². The number of alkyl halides is 3. The Labute approximate surface area is 116 Å². The molecule has 6 heteroatoms. The van der Waals surface area contributed by atoms with Gasteiger partial charge < -0.3 is 15.0 Å². The topological polar surface area (TPSA) is 24.5 Å². The van der Waals surface area contributed by atoms with E-state index in [9.17, 15) is 13.2 Å². The van der Waals surface area contributed by atoms with Gasteiger partial charge in [0.25, 0.3) is 0 Å². The van der Waals surface area contributed by atoms with E-state index >= 15 is 0 Å². The van der Waals surface area contributed by atoms with Gasteiger partial charge in [-0.1, -0.05) is 18.2 Å². The summed E-state index contributed by atoms with van der Waals surface area (Å²) in [4.78, 5) is 2.18. The van der Waals surface area contributed by atoms with Crippen molar-refractivity contribution in [2.24, 2.45) is 0 Å². The number of halogens is 3. The number of hydrogen-bond donors (Lipinski definition) is 1. The van der Waals surface area contributed by atoms with Crippen LogP contribution in [0.1, 0.15) is 11.1 Å². The lowest BCUT2D eigenvalue weighted by Crippen LogP contribution is -2.44. The Morgan fingerprint density at radius 2 is 2.20 bits per heavy atom. The van der Waals surface area contributed by atoms with E-state index in [0.717, 1.165) is 19.2 Å². The number of nitrogens with one attached hydrogen (secondary N) is 1. The summed E-state index contributed by atoms with van der Waals surface area (Å²) in [6, 6.07) is 5.39. The molecule has 1 aliphatic rings. The number of morpholine rings is 1. The largest absolute Gasteiger partial charge is 0.416 e. The van der Waals surface area contributed by atoms with Crippen LogP contribution in [-0.2, 0) is 17.5 Å². The summed E-state index contributed by atoms with van der Waals surface area (Å²) in [5.41, 5.74) is 0.0226. The van der Waals surface area contributed by atoms with Crippen LogP contribution < -0.4 is 5.32 Å². The Kier molecular flexibility index (Phi) is 5.01. The van der Waals surface area contributed by atoms with Gasteiger partial charge in [-0.15, -0.1) is 0 Å². The molecule has 0 aliphatic carbocycles. The van der Waals surface area contributed by atoms with Gasteiger partial charge in [0.1, 0.15) is 0 Å². The van der Waals surface area contributed by atoms with Crippen molar-refractivity contribution in [2.75, 3.05) is 33.3 Å². The van der Waals surface area contributed by atoms with Crippen molar-refractivity contribution in [3.05, 3.63) is 35.4 Å². The molecule has 3 nitrogen and oxygen atoms in total. The number of hydrogen-bond acceptors (Lipinski definition) is 3. The number of rotatable bonds is 4. The lowest BCUT2D eigenvalue weighted by molar-refractivity contribution is -0.137. The van der Waals surface area contributed by atoms with E-state index in [4.69, 9.17) is 4.74 Å². The molecule has 0 saturated carbocycles. The van der Waals surface area contributed by atoms with Gasteiger partial charge in [-0.25, -0.2) is 0 Å². The van der Waals surface area contributed by atoms with Crippen LogP contribution in [0.5, 0.6) is 0 Å². The molecule has 1 N–H and O–H groups in total. The van der Waals surface area contributed by atoms with Crippen LogP contribution in [0.2, 0.25) is 0 Å². The highest BCUT2D eigenvalue weighted by Crippen LogP contribution is 2.29. The first-order valence-corrected chi connectivity index (χ1v) is 6.62. The SMILES string of the molecule is CN1CCOC(CNCc2cccc(C(F)(F)F)c2)C1. The van der Waals surface area contributed by atoms with Gasteiger partial charge in [0.2, 0.25) is 0 Å². The summed E-state index contributed by atoms with van der Waals surface area (Å²) in [6.45, 7) is 3.51. The van der Waals surface area contributed by atoms with Gasteiger partial charge in [-0.3, -0.25) is 0 Å². The minimum atomic E-state index is -4.29. The fraction of sp³-hybridized carbons (Fsp3) is 0.571. The normalized spacial score (nSPS) is 21.1. The summed E-state index contributed by atoms with van der Waals surface area (Å²) < 4.78 is 43.3. The van der Waals surface area contributed by atoms with Crippen LogP contribution in [0, 0.1) is 0 Å². The van der Waals surface area contributed by atoms with Gasteiger partial charge >= 0.3 is 6.18 Å². The third-order valence-electron chi connectivity index (χ3n) is 3.30. The molecule has 1 aliphatic heterocycles. The lowest BCUT2D eigenvalue weighted by Gasteiger charge is -2.30. The van der Waals surface area contributed by atoms with Gasteiger partial charge in [-0.2, -0.15) is 13.2 Å². The zero-order chi connectivity index (χ0) is 14.6. The van der Waals surface area contributed by atoms with E-state index in [1.54, 1.807) is 6.07 Å². The van der Waals surface area contributed by atoms with Gasteiger partial charge in [0.05, 0.1) is 18.3 Å². The van der Waals surface area contributed by atoms with E-state index in [0.29, 0.717) is 25.3 Å². The predicted molar refractivity (Wildman–Crippen MR) is 70.4 cm³/mol. The smallest absolute Gasteiger partial charge is 0.374 e. The quantitative estimate of drug-likeness (QED) is 0.918. The first-order chi connectivity index (χ1) is 9.45. The van der Waals surface area contributed by atoms with E-state index in [1.165, 1.54) is 12.1 Å². The maximum atomic E-state index is 12.6.